The number of hydrogen-bond acceptors (Lipinski definition) is 1. The van der Waals surface area contributed by atoms with E-state index in [1.807, 2.05) is 6.92 Å². The van der Waals surface area contributed by atoms with Gasteiger partial charge in [-0.25, -0.2) is 4.39 Å². The molecule has 2 nitrogen and oxygen atoms in total. The van der Waals surface area contributed by atoms with Gasteiger partial charge in [0.2, 0.25) is 0 Å². The van der Waals surface area contributed by atoms with E-state index in [4.69, 9.17) is 0 Å². The number of nitrogens with one attached hydrogen (secondary N) is 1. The number of carbonyl (C=O) groups is 1. The van der Waals surface area contributed by atoms with Crippen molar-refractivity contribution in [3.05, 3.63) is 35.1 Å². The van der Waals surface area contributed by atoms with Gasteiger partial charge >= 0.3 is 0 Å². The number of rotatable bonds is 6. The first-order valence-corrected chi connectivity index (χ1v) is 6.97. The molecule has 19 heavy (non-hydrogen) atoms. The Morgan fingerprint density at radius 1 is 1.26 bits per heavy atom. The van der Waals surface area contributed by atoms with Gasteiger partial charge in [-0.1, -0.05) is 32.8 Å². The van der Waals surface area contributed by atoms with Crippen molar-refractivity contribution in [2.24, 2.45) is 5.92 Å². The van der Waals surface area contributed by atoms with E-state index in [1.165, 1.54) is 6.07 Å². The third kappa shape index (κ3) is 5.41. The summed E-state index contributed by atoms with van der Waals surface area (Å²) in [6, 6.07) is 4.76. The summed E-state index contributed by atoms with van der Waals surface area (Å²) >= 11 is 0. The van der Waals surface area contributed by atoms with Gasteiger partial charge in [0.05, 0.1) is 5.56 Å². The summed E-state index contributed by atoms with van der Waals surface area (Å²) in [5.74, 6) is -0.0983. The molecule has 1 N–H and O–H groups in total. The van der Waals surface area contributed by atoms with Crippen LogP contribution in [0.1, 0.15) is 56.0 Å². The summed E-state index contributed by atoms with van der Waals surface area (Å²) in [4.78, 5) is 11.9. The van der Waals surface area contributed by atoms with Crippen LogP contribution in [-0.2, 0) is 0 Å². The van der Waals surface area contributed by atoms with Crippen LogP contribution < -0.4 is 5.32 Å². The predicted molar refractivity (Wildman–Crippen MR) is 76.8 cm³/mol. The highest BCUT2D eigenvalue weighted by Gasteiger charge is 2.13. The van der Waals surface area contributed by atoms with E-state index in [-0.39, 0.29) is 17.5 Å². The Bertz CT molecular complexity index is 429. The van der Waals surface area contributed by atoms with Gasteiger partial charge in [0.1, 0.15) is 5.82 Å². The predicted octanol–water partition coefficient (Wildman–Crippen LogP) is 4.08. The third-order valence-electron chi connectivity index (χ3n) is 3.17. The van der Waals surface area contributed by atoms with E-state index >= 15 is 0 Å². The van der Waals surface area contributed by atoms with Crippen molar-refractivity contribution in [2.75, 3.05) is 0 Å². The van der Waals surface area contributed by atoms with Crippen LogP contribution >= 0.6 is 0 Å². The first-order chi connectivity index (χ1) is 8.90. The molecule has 0 radical (unpaired) electrons. The molecular weight excluding hydrogens is 241 g/mol. The minimum atomic E-state index is -0.452. The van der Waals surface area contributed by atoms with Crippen molar-refractivity contribution in [1.29, 1.82) is 0 Å². The zero-order valence-electron chi connectivity index (χ0n) is 12.3. The fourth-order valence-electron chi connectivity index (χ4n) is 2.01. The zero-order valence-corrected chi connectivity index (χ0v) is 12.3. The maximum Gasteiger partial charge on any atom is 0.254 e. The van der Waals surface area contributed by atoms with Gasteiger partial charge in [-0.15, -0.1) is 0 Å². The quantitative estimate of drug-likeness (QED) is 0.825. The maximum absolute atomic E-state index is 13.6. The van der Waals surface area contributed by atoms with E-state index in [0.29, 0.717) is 5.92 Å². The molecule has 0 aliphatic heterocycles. The number of carbonyl (C=O) groups excluding carboxylic acids is 1. The molecule has 1 unspecified atom stereocenters. The summed E-state index contributed by atoms with van der Waals surface area (Å²) < 4.78 is 13.6. The Morgan fingerprint density at radius 3 is 2.53 bits per heavy atom. The normalized spacial score (nSPS) is 12.5. The van der Waals surface area contributed by atoms with Gasteiger partial charge in [-0.3, -0.25) is 4.79 Å². The van der Waals surface area contributed by atoms with Crippen LogP contribution in [0.15, 0.2) is 18.2 Å². The topological polar surface area (TPSA) is 29.1 Å². The standard InChI is InChI=1S/C16H24FNO/c1-11(2)6-5-7-13(4)18-16(19)14-9-8-12(3)10-15(14)17/h8-11,13H,5-7H2,1-4H3,(H,18,19). The molecule has 0 saturated carbocycles. The lowest BCUT2D eigenvalue weighted by Crippen LogP contribution is -2.33. The molecule has 1 amide bonds. The van der Waals surface area contributed by atoms with Crippen molar-refractivity contribution in [3.8, 4) is 0 Å². The summed E-state index contributed by atoms with van der Waals surface area (Å²) in [5.41, 5.74) is 0.945. The van der Waals surface area contributed by atoms with Gasteiger partial charge in [0.25, 0.3) is 5.91 Å². The van der Waals surface area contributed by atoms with E-state index in [9.17, 15) is 9.18 Å². The molecule has 1 aromatic carbocycles. The summed E-state index contributed by atoms with van der Waals surface area (Å²) in [6.45, 7) is 8.14. The molecule has 1 rings (SSSR count). The first kappa shape index (κ1) is 15.7. The molecule has 1 atom stereocenters. The van der Waals surface area contributed by atoms with Crippen LogP contribution in [0.3, 0.4) is 0 Å². The SMILES string of the molecule is Cc1ccc(C(=O)NC(C)CCCC(C)C)c(F)c1. The average molecular weight is 265 g/mol. The number of hydrogen-bond donors (Lipinski definition) is 1. The third-order valence-corrected chi connectivity index (χ3v) is 3.17. The average Bonchev–Trinajstić information content (AvgIpc) is 2.27. The largest absolute Gasteiger partial charge is 0.349 e. The molecule has 0 fully saturated rings. The maximum atomic E-state index is 13.6. The molecule has 0 aliphatic rings. The second kappa shape index (κ2) is 7.27. The van der Waals surface area contributed by atoms with Crippen molar-refractivity contribution in [1.82, 2.24) is 5.32 Å². The second-order valence-corrected chi connectivity index (χ2v) is 5.68. The van der Waals surface area contributed by atoms with Gasteiger partial charge in [-0.2, -0.15) is 0 Å². The van der Waals surface area contributed by atoms with Crippen LogP contribution in [0.25, 0.3) is 0 Å². The van der Waals surface area contributed by atoms with E-state index in [1.54, 1.807) is 19.1 Å². The fourth-order valence-corrected chi connectivity index (χ4v) is 2.01. The van der Waals surface area contributed by atoms with Crippen LogP contribution in [-0.4, -0.2) is 11.9 Å². The zero-order chi connectivity index (χ0) is 14.4. The van der Waals surface area contributed by atoms with Crippen LogP contribution in [0, 0.1) is 18.7 Å². The van der Waals surface area contributed by atoms with Crippen molar-refractivity contribution in [3.63, 3.8) is 0 Å². The van der Waals surface area contributed by atoms with E-state index < -0.39 is 5.82 Å². The van der Waals surface area contributed by atoms with Gasteiger partial charge in [-0.05, 0) is 43.9 Å². The Hall–Kier alpha value is -1.38. The monoisotopic (exact) mass is 265 g/mol. The Balaban J connectivity index is 2.50. The molecule has 3 heteroatoms. The molecule has 0 saturated heterocycles. The molecule has 0 aliphatic carbocycles. The van der Waals surface area contributed by atoms with Crippen LogP contribution in [0.2, 0.25) is 0 Å². The molecular formula is C16H24FNO. The van der Waals surface area contributed by atoms with Crippen LogP contribution in [0.5, 0.6) is 0 Å². The molecule has 0 aromatic heterocycles. The molecule has 0 bridgehead atoms. The smallest absolute Gasteiger partial charge is 0.254 e. The lowest BCUT2D eigenvalue weighted by atomic mass is 10.0. The van der Waals surface area contributed by atoms with E-state index in [0.717, 1.165) is 24.8 Å². The second-order valence-electron chi connectivity index (χ2n) is 5.68. The Morgan fingerprint density at radius 2 is 1.95 bits per heavy atom. The van der Waals surface area contributed by atoms with Gasteiger partial charge < -0.3 is 5.32 Å². The molecule has 0 spiro atoms. The highest BCUT2D eigenvalue weighted by Crippen LogP contribution is 2.12. The Kier molecular flexibility index (Phi) is 6.00. The summed E-state index contributed by atoms with van der Waals surface area (Å²) in [6.07, 6.45) is 3.16. The minimum absolute atomic E-state index is 0.0759. The van der Waals surface area contributed by atoms with Gasteiger partial charge in [0, 0.05) is 6.04 Å². The fraction of sp³-hybridized carbons (Fsp3) is 0.562. The highest BCUT2D eigenvalue weighted by atomic mass is 19.1. The molecule has 1 aromatic rings. The van der Waals surface area contributed by atoms with Crippen LogP contribution in [0.4, 0.5) is 4.39 Å². The first-order valence-electron chi connectivity index (χ1n) is 6.97. The number of aryl methyl sites for hydroxylation is 1. The molecule has 106 valence electrons. The number of amides is 1. The lowest BCUT2D eigenvalue weighted by molar-refractivity contribution is 0.0933. The lowest BCUT2D eigenvalue weighted by Gasteiger charge is -2.15. The highest BCUT2D eigenvalue weighted by molar-refractivity contribution is 5.94. The van der Waals surface area contributed by atoms with Crippen molar-refractivity contribution >= 4 is 5.91 Å². The number of benzene rings is 1. The van der Waals surface area contributed by atoms with Crippen molar-refractivity contribution < 1.29 is 9.18 Å². The Labute approximate surface area is 115 Å². The summed E-state index contributed by atoms with van der Waals surface area (Å²) in [5, 5.41) is 2.85. The summed E-state index contributed by atoms with van der Waals surface area (Å²) in [7, 11) is 0. The molecule has 0 heterocycles. The van der Waals surface area contributed by atoms with Gasteiger partial charge in [0.15, 0.2) is 0 Å². The minimum Gasteiger partial charge on any atom is -0.349 e. The number of halogens is 1. The van der Waals surface area contributed by atoms with Crippen molar-refractivity contribution in [2.45, 2.75) is 53.0 Å². The van der Waals surface area contributed by atoms with E-state index in [2.05, 4.69) is 19.2 Å².